The van der Waals surface area contributed by atoms with E-state index < -0.39 is 5.60 Å². The number of nitrogens with one attached hydrogen (secondary N) is 1. The molecule has 4 nitrogen and oxygen atoms in total. The van der Waals surface area contributed by atoms with Gasteiger partial charge >= 0.3 is 0 Å². The van der Waals surface area contributed by atoms with Crippen molar-refractivity contribution in [1.29, 1.82) is 0 Å². The molecular formula is C17H28N2O2. The fourth-order valence-corrected chi connectivity index (χ4v) is 2.76. The highest BCUT2D eigenvalue weighted by Gasteiger charge is 2.29. The summed E-state index contributed by atoms with van der Waals surface area (Å²) in [6.45, 7) is 6.72. The Morgan fingerprint density at radius 1 is 1.29 bits per heavy atom. The molecule has 0 radical (unpaired) electrons. The molecule has 2 rings (SSSR count). The van der Waals surface area contributed by atoms with Crippen molar-refractivity contribution in [3.05, 3.63) is 24.3 Å². The second-order valence-electron chi connectivity index (χ2n) is 6.28. The molecule has 1 aliphatic heterocycles. The first-order valence-corrected chi connectivity index (χ1v) is 7.90. The highest BCUT2D eigenvalue weighted by molar-refractivity contribution is 5.57. The largest absolute Gasteiger partial charge is 0.489 e. The van der Waals surface area contributed by atoms with Crippen molar-refractivity contribution in [2.24, 2.45) is 0 Å². The monoisotopic (exact) mass is 292 g/mol. The molecule has 0 spiro atoms. The van der Waals surface area contributed by atoms with Gasteiger partial charge in [-0.25, -0.2) is 0 Å². The highest BCUT2D eigenvalue weighted by atomic mass is 16.5. The van der Waals surface area contributed by atoms with Crippen LogP contribution in [0.1, 0.15) is 33.1 Å². The average Bonchev–Trinajstić information content (AvgIpc) is 2.46. The summed E-state index contributed by atoms with van der Waals surface area (Å²) in [6, 6.07) is 8.10. The van der Waals surface area contributed by atoms with Crippen LogP contribution < -0.4 is 15.0 Å². The van der Waals surface area contributed by atoms with E-state index in [0.717, 1.165) is 50.3 Å². The smallest absolute Gasteiger partial charge is 0.142 e. The summed E-state index contributed by atoms with van der Waals surface area (Å²) in [4.78, 5) is 2.18. The second kappa shape index (κ2) is 7.14. The van der Waals surface area contributed by atoms with Crippen molar-refractivity contribution in [3.63, 3.8) is 0 Å². The Morgan fingerprint density at radius 2 is 1.95 bits per heavy atom. The number of hydrogen-bond acceptors (Lipinski definition) is 4. The van der Waals surface area contributed by atoms with E-state index in [1.807, 2.05) is 32.0 Å². The molecule has 0 bridgehead atoms. The molecule has 1 aliphatic rings. The Balaban J connectivity index is 1.98. The number of nitrogens with zero attached hydrogens (tertiary/aromatic N) is 1. The lowest BCUT2D eigenvalue weighted by molar-refractivity contribution is 0.00457. The molecule has 1 aromatic carbocycles. The first-order valence-electron chi connectivity index (χ1n) is 7.90. The van der Waals surface area contributed by atoms with E-state index in [4.69, 9.17) is 4.74 Å². The Labute approximate surface area is 128 Å². The number of rotatable bonds is 6. The van der Waals surface area contributed by atoms with Crippen molar-refractivity contribution < 1.29 is 9.84 Å². The van der Waals surface area contributed by atoms with Gasteiger partial charge in [-0.15, -0.1) is 0 Å². The first kappa shape index (κ1) is 16.1. The topological polar surface area (TPSA) is 44.7 Å². The van der Waals surface area contributed by atoms with Crippen LogP contribution in [0.5, 0.6) is 5.75 Å². The van der Waals surface area contributed by atoms with Gasteiger partial charge in [-0.05, 0) is 58.3 Å². The van der Waals surface area contributed by atoms with E-state index in [1.165, 1.54) is 0 Å². The van der Waals surface area contributed by atoms with Crippen LogP contribution in [0.3, 0.4) is 0 Å². The van der Waals surface area contributed by atoms with Gasteiger partial charge in [0.1, 0.15) is 5.75 Å². The van der Waals surface area contributed by atoms with Gasteiger partial charge in [0.15, 0.2) is 0 Å². The Morgan fingerprint density at radius 3 is 2.62 bits per heavy atom. The van der Waals surface area contributed by atoms with E-state index in [-0.39, 0.29) is 6.10 Å². The minimum atomic E-state index is -0.520. The third kappa shape index (κ3) is 4.61. The predicted molar refractivity (Wildman–Crippen MR) is 87.1 cm³/mol. The number of para-hydroxylation sites is 2. The van der Waals surface area contributed by atoms with Gasteiger partial charge < -0.3 is 20.1 Å². The van der Waals surface area contributed by atoms with E-state index in [9.17, 15) is 5.11 Å². The van der Waals surface area contributed by atoms with Crippen LogP contribution in [0.4, 0.5) is 5.69 Å². The zero-order chi connectivity index (χ0) is 15.3. The Bertz CT molecular complexity index is 442. The number of benzene rings is 1. The summed E-state index contributed by atoms with van der Waals surface area (Å²) in [7, 11) is 2.06. The van der Waals surface area contributed by atoms with Crippen LogP contribution in [0.25, 0.3) is 0 Å². The molecule has 0 aliphatic carbocycles. The minimum Gasteiger partial charge on any atom is -0.489 e. The average molecular weight is 292 g/mol. The third-order valence-electron chi connectivity index (χ3n) is 4.09. The molecule has 1 heterocycles. The Kier molecular flexibility index (Phi) is 5.48. The van der Waals surface area contributed by atoms with Gasteiger partial charge in [0.25, 0.3) is 0 Å². The summed E-state index contributed by atoms with van der Waals surface area (Å²) in [6.07, 6.45) is 2.63. The fraction of sp³-hybridized carbons (Fsp3) is 0.647. The number of piperidine rings is 1. The molecule has 0 aromatic heterocycles. The number of hydrogen-bond donors (Lipinski definition) is 2. The van der Waals surface area contributed by atoms with Crippen LogP contribution in [-0.2, 0) is 0 Å². The SMILES string of the molecule is CC(C)Oc1ccccc1N(C)CCC1(O)CCNCC1. The van der Waals surface area contributed by atoms with Crippen molar-refractivity contribution in [2.75, 3.05) is 31.6 Å². The molecule has 0 atom stereocenters. The van der Waals surface area contributed by atoms with Crippen LogP contribution in [0, 0.1) is 0 Å². The maximum Gasteiger partial charge on any atom is 0.142 e. The summed E-state index contributed by atoms with van der Waals surface area (Å²) in [5.41, 5.74) is 0.566. The van der Waals surface area contributed by atoms with Crippen LogP contribution >= 0.6 is 0 Å². The number of anilines is 1. The van der Waals surface area contributed by atoms with Gasteiger partial charge in [0, 0.05) is 13.6 Å². The number of aliphatic hydroxyl groups is 1. The summed E-state index contributed by atoms with van der Waals surface area (Å²) >= 11 is 0. The molecule has 1 saturated heterocycles. The maximum absolute atomic E-state index is 10.6. The first-order chi connectivity index (χ1) is 10.0. The molecule has 4 heteroatoms. The zero-order valence-corrected chi connectivity index (χ0v) is 13.4. The normalized spacial score (nSPS) is 17.8. The number of ether oxygens (including phenoxy) is 1. The van der Waals surface area contributed by atoms with Crippen molar-refractivity contribution in [3.8, 4) is 5.75 Å². The maximum atomic E-state index is 10.6. The van der Waals surface area contributed by atoms with Gasteiger partial charge in [0.2, 0.25) is 0 Å². The lowest BCUT2D eigenvalue weighted by atomic mass is 9.89. The summed E-state index contributed by atoms with van der Waals surface area (Å²) < 4.78 is 5.87. The molecule has 118 valence electrons. The van der Waals surface area contributed by atoms with Crippen LogP contribution in [0.2, 0.25) is 0 Å². The summed E-state index contributed by atoms with van der Waals surface area (Å²) in [5.74, 6) is 0.910. The van der Waals surface area contributed by atoms with E-state index in [2.05, 4.69) is 23.3 Å². The van der Waals surface area contributed by atoms with Crippen LogP contribution in [-0.4, -0.2) is 43.5 Å². The molecule has 1 fully saturated rings. The molecule has 21 heavy (non-hydrogen) atoms. The lowest BCUT2D eigenvalue weighted by Gasteiger charge is -2.34. The zero-order valence-electron chi connectivity index (χ0n) is 13.4. The standard InChI is InChI=1S/C17H28N2O2/c1-14(2)21-16-7-5-4-6-15(16)19(3)13-10-17(20)8-11-18-12-9-17/h4-7,14,18,20H,8-13H2,1-3H3. The third-order valence-corrected chi connectivity index (χ3v) is 4.09. The lowest BCUT2D eigenvalue weighted by Crippen LogP contribution is -2.43. The Hall–Kier alpha value is -1.26. The minimum absolute atomic E-state index is 0.160. The van der Waals surface area contributed by atoms with Crippen molar-refractivity contribution >= 4 is 5.69 Å². The predicted octanol–water partition coefficient (Wildman–Crippen LogP) is 2.41. The molecule has 0 unspecified atom stereocenters. The second-order valence-corrected chi connectivity index (χ2v) is 6.28. The van der Waals surface area contributed by atoms with Gasteiger partial charge in [-0.2, -0.15) is 0 Å². The van der Waals surface area contributed by atoms with Gasteiger partial charge in [0.05, 0.1) is 17.4 Å². The highest BCUT2D eigenvalue weighted by Crippen LogP contribution is 2.30. The van der Waals surface area contributed by atoms with Crippen molar-refractivity contribution in [1.82, 2.24) is 5.32 Å². The molecule has 0 saturated carbocycles. The van der Waals surface area contributed by atoms with Crippen LogP contribution in [0.15, 0.2) is 24.3 Å². The van der Waals surface area contributed by atoms with E-state index >= 15 is 0 Å². The molecule has 1 aromatic rings. The van der Waals surface area contributed by atoms with Gasteiger partial charge in [-0.3, -0.25) is 0 Å². The van der Waals surface area contributed by atoms with E-state index in [0.29, 0.717) is 0 Å². The van der Waals surface area contributed by atoms with Gasteiger partial charge in [-0.1, -0.05) is 12.1 Å². The molecular weight excluding hydrogens is 264 g/mol. The quantitative estimate of drug-likeness (QED) is 0.845. The molecule has 2 N–H and O–H groups in total. The van der Waals surface area contributed by atoms with E-state index in [1.54, 1.807) is 0 Å². The van der Waals surface area contributed by atoms with Crippen molar-refractivity contribution in [2.45, 2.75) is 44.8 Å². The fourth-order valence-electron chi connectivity index (χ4n) is 2.76. The molecule has 0 amide bonds. The summed E-state index contributed by atoms with van der Waals surface area (Å²) in [5, 5.41) is 13.9.